The van der Waals surface area contributed by atoms with E-state index in [1.807, 2.05) is 18.0 Å². The molecular formula is C25H29N7O5. The summed E-state index contributed by atoms with van der Waals surface area (Å²) in [5.41, 5.74) is 0.671. The van der Waals surface area contributed by atoms with Gasteiger partial charge in [0.25, 0.3) is 0 Å². The van der Waals surface area contributed by atoms with Gasteiger partial charge in [0.1, 0.15) is 46.9 Å². The van der Waals surface area contributed by atoms with E-state index in [-0.39, 0.29) is 40.9 Å². The average Bonchev–Trinajstić information content (AvgIpc) is 3.69. The number of aromatic nitrogens is 2. The van der Waals surface area contributed by atoms with Crippen molar-refractivity contribution in [2.75, 3.05) is 57.7 Å². The first kappa shape index (κ1) is 26.0. The van der Waals surface area contributed by atoms with Crippen molar-refractivity contribution < 1.29 is 23.9 Å². The van der Waals surface area contributed by atoms with E-state index in [1.54, 1.807) is 24.1 Å². The van der Waals surface area contributed by atoms with Gasteiger partial charge in [0.05, 0.1) is 12.7 Å². The highest BCUT2D eigenvalue weighted by Gasteiger charge is 2.44. The van der Waals surface area contributed by atoms with Crippen LogP contribution in [0.2, 0.25) is 0 Å². The number of anilines is 2. The molecule has 0 aromatic carbocycles. The zero-order valence-corrected chi connectivity index (χ0v) is 21.1. The second-order valence-corrected chi connectivity index (χ2v) is 9.23. The quantitative estimate of drug-likeness (QED) is 0.502. The second-order valence-electron chi connectivity index (χ2n) is 9.23. The topological polar surface area (TPSA) is 141 Å². The molecule has 1 saturated heterocycles. The molecule has 0 radical (unpaired) electrons. The number of hydrogen-bond acceptors (Lipinski definition) is 9. The summed E-state index contributed by atoms with van der Waals surface area (Å²) in [4.78, 5) is 50.2. The molecule has 2 fully saturated rings. The highest BCUT2D eigenvalue weighted by Crippen LogP contribution is 2.39. The Morgan fingerprint density at radius 3 is 2.78 bits per heavy atom. The molecule has 37 heavy (non-hydrogen) atoms. The largest absolute Gasteiger partial charge is 0.489 e. The molecule has 12 heteroatoms. The van der Waals surface area contributed by atoms with Gasteiger partial charge in [-0.05, 0) is 26.0 Å². The minimum atomic E-state index is -0.551. The van der Waals surface area contributed by atoms with E-state index in [2.05, 4.69) is 15.3 Å². The molecule has 2 aliphatic rings. The smallest absolute Gasteiger partial charge is 0.328 e. The first-order chi connectivity index (χ1) is 17.8. The highest BCUT2D eigenvalue weighted by atomic mass is 16.5. The summed E-state index contributed by atoms with van der Waals surface area (Å²) < 4.78 is 11.2. The molecule has 0 spiro atoms. The number of methoxy groups -OCH3 is 1. The third kappa shape index (κ3) is 6.02. The molecule has 0 unspecified atom stereocenters. The van der Waals surface area contributed by atoms with E-state index in [1.165, 1.54) is 24.2 Å². The summed E-state index contributed by atoms with van der Waals surface area (Å²) in [6.07, 6.45) is 3.70. The highest BCUT2D eigenvalue weighted by molar-refractivity contribution is 6.00. The van der Waals surface area contributed by atoms with Crippen LogP contribution in [0.1, 0.15) is 34.5 Å². The number of nitrogens with zero attached hydrogens (tertiary/aromatic N) is 6. The van der Waals surface area contributed by atoms with Crippen LogP contribution in [0.3, 0.4) is 0 Å². The van der Waals surface area contributed by atoms with E-state index < -0.39 is 6.03 Å². The van der Waals surface area contributed by atoms with Crippen molar-refractivity contribution >= 4 is 29.9 Å². The first-order valence-electron chi connectivity index (χ1n) is 11.8. The summed E-state index contributed by atoms with van der Waals surface area (Å²) in [5, 5.41) is 12.0. The second kappa shape index (κ2) is 10.9. The van der Waals surface area contributed by atoms with Crippen molar-refractivity contribution in [3.8, 4) is 11.8 Å². The Bertz CT molecular complexity index is 1240. The number of nitrogens with one attached hydrogen (secondary N) is 1. The van der Waals surface area contributed by atoms with Gasteiger partial charge in [-0.15, -0.1) is 0 Å². The van der Waals surface area contributed by atoms with E-state index in [9.17, 15) is 19.6 Å². The lowest BCUT2D eigenvalue weighted by Gasteiger charge is -2.32. The summed E-state index contributed by atoms with van der Waals surface area (Å²) in [6.45, 7) is 2.20. The Morgan fingerprint density at radius 1 is 1.35 bits per heavy atom. The summed E-state index contributed by atoms with van der Waals surface area (Å²) in [5.74, 6) is 0.713. The Balaban J connectivity index is 1.43. The van der Waals surface area contributed by atoms with Gasteiger partial charge < -0.3 is 14.4 Å². The number of urea groups is 1. The number of likely N-dealkylation sites (N-methyl/N-ethyl adjacent to an activating group) is 1. The molecule has 2 aromatic heterocycles. The first-order valence-corrected chi connectivity index (χ1v) is 11.8. The standard InChI is InChI=1S/C25H29N7O5/c1-30-8-9-32(23(34)14-30)13-17-4-5-22(28-19(17)15-33)31(2)24(35)29-21-10-20(18(11-26)12-27-21)37-16-25(36-3)6-7-25/h4-5,10,12,15H,6-9,13-14,16H2,1-3H3,(H,27,29,35). The van der Waals surface area contributed by atoms with Gasteiger partial charge in [0.15, 0.2) is 6.29 Å². The van der Waals surface area contributed by atoms with Gasteiger partial charge in [-0.1, -0.05) is 6.07 Å². The van der Waals surface area contributed by atoms with Crippen LogP contribution in [0, 0.1) is 11.3 Å². The van der Waals surface area contributed by atoms with Crippen LogP contribution < -0.4 is 15.0 Å². The van der Waals surface area contributed by atoms with Gasteiger partial charge in [0.2, 0.25) is 5.91 Å². The fraction of sp³-hybridized carbons (Fsp3) is 0.440. The SMILES string of the molecule is COC1(COc2cc(NC(=O)N(C)c3ccc(CN4CCN(C)CC4=O)c(C=O)n3)ncc2C#N)CC1. The molecule has 4 rings (SSSR count). The minimum absolute atomic E-state index is 0.0149. The van der Waals surface area contributed by atoms with E-state index in [0.717, 1.165) is 19.4 Å². The molecule has 3 amide bonds. The van der Waals surface area contributed by atoms with Crippen LogP contribution in [0.5, 0.6) is 5.75 Å². The van der Waals surface area contributed by atoms with Crippen molar-refractivity contribution in [3.63, 3.8) is 0 Å². The fourth-order valence-corrected chi connectivity index (χ4v) is 3.88. The molecule has 1 aliphatic heterocycles. The van der Waals surface area contributed by atoms with E-state index in [0.29, 0.717) is 37.3 Å². The zero-order valence-electron chi connectivity index (χ0n) is 21.1. The number of nitriles is 1. The summed E-state index contributed by atoms with van der Waals surface area (Å²) in [6, 6.07) is 6.27. The molecular weight excluding hydrogens is 478 g/mol. The monoisotopic (exact) mass is 507 g/mol. The number of pyridine rings is 2. The van der Waals surface area contributed by atoms with Crippen LogP contribution in [0.4, 0.5) is 16.4 Å². The Morgan fingerprint density at radius 2 is 2.14 bits per heavy atom. The number of ether oxygens (including phenoxy) is 2. The van der Waals surface area contributed by atoms with Crippen molar-refractivity contribution in [3.05, 3.63) is 41.2 Å². The predicted octanol–water partition coefficient (Wildman–Crippen LogP) is 1.66. The summed E-state index contributed by atoms with van der Waals surface area (Å²) in [7, 11) is 5.01. The maximum Gasteiger partial charge on any atom is 0.328 e. The lowest BCUT2D eigenvalue weighted by molar-refractivity contribution is -0.136. The number of carbonyl (C=O) groups excluding carboxylic acids is 3. The maximum absolute atomic E-state index is 12.9. The summed E-state index contributed by atoms with van der Waals surface area (Å²) >= 11 is 0. The molecule has 1 N–H and O–H groups in total. The third-order valence-electron chi connectivity index (χ3n) is 6.58. The van der Waals surface area contributed by atoms with Gasteiger partial charge in [-0.2, -0.15) is 5.26 Å². The van der Waals surface area contributed by atoms with Gasteiger partial charge in [-0.3, -0.25) is 24.7 Å². The number of hydrogen-bond donors (Lipinski definition) is 1. The average molecular weight is 508 g/mol. The number of aldehydes is 1. The van der Waals surface area contributed by atoms with Gasteiger partial charge in [0, 0.05) is 45.4 Å². The third-order valence-corrected chi connectivity index (χ3v) is 6.58. The fourth-order valence-electron chi connectivity index (χ4n) is 3.88. The van der Waals surface area contributed by atoms with Crippen LogP contribution >= 0.6 is 0 Å². The number of rotatable bonds is 9. The van der Waals surface area contributed by atoms with Gasteiger partial charge in [-0.25, -0.2) is 14.8 Å². The van der Waals surface area contributed by atoms with E-state index in [4.69, 9.17) is 9.47 Å². The van der Waals surface area contributed by atoms with E-state index >= 15 is 0 Å². The Kier molecular flexibility index (Phi) is 7.66. The number of amides is 3. The predicted molar refractivity (Wildman–Crippen MR) is 133 cm³/mol. The molecule has 2 aromatic rings. The van der Waals surface area contributed by atoms with Crippen LogP contribution in [0.15, 0.2) is 24.4 Å². The van der Waals surface area contributed by atoms with Crippen LogP contribution in [0.25, 0.3) is 0 Å². The number of carbonyl (C=O) groups is 3. The molecule has 3 heterocycles. The minimum Gasteiger partial charge on any atom is -0.489 e. The van der Waals surface area contributed by atoms with Crippen LogP contribution in [-0.4, -0.2) is 91.0 Å². The number of piperazine rings is 1. The molecule has 1 aliphatic carbocycles. The molecule has 0 atom stereocenters. The normalized spacial score (nSPS) is 16.6. The van der Waals surface area contributed by atoms with Crippen molar-refractivity contribution in [1.82, 2.24) is 19.8 Å². The van der Waals surface area contributed by atoms with Gasteiger partial charge >= 0.3 is 6.03 Å². The zero-order chi connectivity index (χ0) is 26.6. The Hall–Kier alpha value is -4.08. The lowest BCUT2D eigenvalue weighted by atomic mass is 10.1. The molecule has 0 bridgehead atoms. The molecule has 194 valence electrons. The van der Waals surface area contributed by atoms with Crippen molar-refractivity contribution in [2.45, 2.75) is 25.0 Å². The lowest BCUT2D eigenvalue weighted by Crippen LogP contribution is -2.48. The Labute approximate surface area is 214 Å². The maximum atomic E-state index is 12.9. The van der Waals surface area contributed by atoms with Crippen LogP contribution in [-0.2, 0) is 16.1 Å². The van der Waals surface area contributed by atoms with Crippen molar-refractivity contribution in [2.24, 2.45) is 0 Å². The molecule has 1 saturated carbocycles. The van der Waals surface area contributed by atoms with Crippen molar-refractivity contribution in [1.29, 1.82) is 5.26 Å². The molecule has 12 nitrogen and oxygen atoms in total.